The van der Waals surface area contributed by atoms with Gasteiger partial charge in [0.2, 0.25) is 11.3 Å². The fraction of sp³-hybridized carbons (Fsp3) is 0.0952. The third-order valence-electron chi connectivity index (χ3n) is 3.82. The van der Waals surface area contributed by atoms with Crippen LogP contribution in [0, 0.1) is 0 Å². The molecule has 0 aliphatic rings. The summed E-state index contributed by atoms with van der Waals surface area (Å²) in [6.45, 7) is -0.0453. The monoisotopic (exact) mass is 363 g/mol. The number of fused-ring (bicyclic) bond motifs is 1. The minimum Gasteiger partial charge on any atom is -0.463 e. The van der Waals surface area contributed by atoms with Gasteiger partial charge in [-0.2, -0.15) is 0 Å². The summed E-state index contributed by atoms with van der Waals surface area (Å²) in [6.07, 6.45) is 4.05. The lowest BCUT2D eigenvalue weighted by atomic mass is 10.1. The number of anilines is 1. The van der Waals surface area contributed by atoms with Crippen LogP contribution < -0.4 is 10.7 Å². The maximum Gasteiger partial charge on any atom is 0.250 e. The number of ketones is 1. The molecule has 0 radical (unpaired) electrons. The van der Waals surface area contributed by atoms with E-state index >= 15 is 0 Å². The minimum absolute atomic E-state index is 0.0329. The quantitative estimate of drug-likeness (QED) is 0.537. The zero-order valence-corrected chi connectivity index (χ0v) is 14.6. The summed E-state index contributed by atoms with van der Waals surface area (Å²) in [6, 6.07) is 13.7. The lowest BCUT2D eigenvalue weighted by Gasteiger charge is -2.05. The van der Waals surface area contributed by atoms with Crippen LogP contribution in [-0.2, 0) is 9.53 Å². The van der Waals surface area contributed by atoms with Crippen LogP contribution in [0.5, 0.6) is 0 Å². The second-order valence-corrected chi connectivity index (χ2v) is 5.78. The van der Waals surface area contributed by atoms with Gasteiger partial charge in [-0.05, 0) is 35.9 Å². The number of carbonyl (C=O) groups is 2. The summed E-state index contributed by atoms with van der Waals surface area (Å²) in [5.74, 6) is -0.730. The molecule has 0 aliphatic carbocycles. The van der Waals surface area contributed by atoms with Gasteiger partial charge in [-0.3, -0.25) is 14.4 Å². The number of hydrogen-bond acceptors (Lipinski definition) is 5. The van der Waals surface area contributed by atoms with Gasteiger partial charge in [-0.1, -0.05) is 30.3 Å². The molecule has 0 bridgehead atoms. The number of amides is 1. The van der Waals surface area contributed by atoms with E-state index in [0.29, 0.717) is 22.2 Å². The number of allylic oxidation sites excluding steroid dienone is 1. The predicted molar refractivity (Wildman–Crippen MR) is 103 cm³/mol. The Morgan fingerprint density at radius 2 is 1.96 bits per heavy atom. The predicted octanol–water partition coefficient (Wildman–Crippen LogP) is 3.27. The van der Waals surface area contributed by atoms with Crippen molar-refractivity contribution in [3.05, 3.63) is 82.2 Å². The maximum absolute atomic E-state index is 12.4. The molecule has 0 aliphatic heterocycles. The van der Waals surface area contributed by atoms with Crippen LogP contribution in [0.25, 0.3) is 17.0 Å². The lowest BCUT2D eigenvalue weighted by molar-refractivity contribution is -0.119. The maximum atomic E-state index is 12.4. The van der Waals surface area contributed by atoms with Crippen molar-refractivity contribution >= 4 is 34.4 Å². The van der Waals surface area contributed by atoms with Gasteiger partial charge in [0.25, 0.3) is 0 Å². The van der Waals surface area contributed by atoms with Gasteiger partial charge in [0.05, 0.1) is 5.39 Å². The zero-order chi connectivity index (χ0) is 19.2. The van der Waals surface area contributed by atoms with E-state index in [1.54, 1.807) is 54.6 Å². The van der Waals surface area contributed by atoms with Crippen molar-refractivity contribution in [2.24, 2.45) is 0 Å². The highest BCUT2D eigenvalue weighted by Crippen LogP contribution is 2.14. The first-order chi connectivity index (χ1) is 13.1. The molecule has 0 fully saturated rings. The van der Waals surface area contributed by atoms with Gasteiger partial charge < -0.3 is 14.5 Å². The average molecular weight is 363 g/mol. The van der Waals surface area contributed by atoms with E-state index in [-0.39, 0.29) is 23.5 Å². The molecule has 0 atom stereocenters. The van der Waals surface area contributed by atoms with Crippen LogP contribution in [0.4, 0.5) is 5.69 Å². The highest BCUT2D eigenvalue weighted by atomic mass is 16.5. The van der Waals surface area contributed by atoms with Crippen molar-refractivity contribution in [3.63, 3.8) is 0 Å². The first kappa shape index (κ1) is 18.3. The first-order valence-corrected chi connectivity index (χ1v) is 8.20. The zero-order valence-electron chi connectivity index (χ0n) is 14.6. The number of methoxy groups -OCH3 is 1. The Bertz CT molecular complexity index is 1080. The Hall–Kier alpha value is -3.51. The van der Waals surface area contributed by atoms with Gasteiger partial charge in [0, 0.05) is 12.8 Å². The smallest absolute Gasteiger partial charge is 0.250 e. The summed E-state index contributed by atoms with van der Waals surface area (Å²) in [5, 5.41) is 3.04. The molecule has 1 amide bonds. The van der Waals surface area contributed by atoms with Crippen molar-refractivity contribution in [2.45, 2.75) is 0 Å². The molecular formula is C21H17NO5. The first-order valence-electron chi connectivity index (χ1n) is 8.20. The molecule has 1 aromatic heterocycles. The Balaban J connectivity index is 1.80. The Morgan fingerprint density at radius 3 is 2.78 bits per heavy atom. The SMILES string of the molecule is COCC(=O)Nc1cccc(/C=C/C(=O)c2coc3ccccc3c2=O)c1. The Kier molecular flexibility index (Phi) is 5.58. The molecule has 3 rings (SSSR count). The Labute approximate surface area is 155 Å². The van der Waals surface area contributed by atoms with Gasteiger partial charge in [0.15, 0.2) is 5.78 Å². The number of para-hydroxylation sites is 1. The van der Waals surface area contributed by atoms with Crippen LogP contribution in [0.2, 0.25) is 0 Å². The summed E-state index contributed by atoms with van der Waals surface area (Å²) < 4.78 is 10.1. The number of hydrogen-bond donors (Lipinski definition) is 1. The van der Waals surface area contributed by atoms with E-state index in [4.69, 9.17) is 9.15 Å². The minimum atomic E-state index is -0.455. The molecule has 1 heterocycles. The van der Waals surface area contributed by atoms with Crippen LogP contribution in [0.3, 0.4) is 0 Å². The van der Waals surface area contributed by atoms with E-state index < -0.39 is 5.78 Å². The summed E-state index contributed by atoms with van der Waals surface area (Å²) in [7, 11) is 1.44. The fourth-order valence-electron chi connectivity index (χ4n) is 2.56. The molecule has 0 unspecified atom stereocenters. The second kappa shape index (κ2) is 8.25. The number of carbonyl (C=O) groups excluding carboxylic acids is 2. The molecule has 1 N–H and O–H groups in total. The van der Waals surface area contributed by atoms with Crippen molar-refractivity contribution < 1.29 is 18.7 Å². The Morgan fingerprint density at radius 1 is 1.15 bits per heavy atom. The largest absolute Gasteiger partial charge is 0.463 e. The van der Waals surface area contributed by atoms with E-state index in [1.165, 1.54) is 19.4 Å². The summed E-state index contributed by atoms with van der Waals surface area (Å²) >= 11 is 0. The van der Waals surface area contributed by atoms with Crippen LogP contribution in [0.15, 0.2) is 70.1 Å². The molecule has 3 aromatic rings. The van der Waals surface area contributed by atoms with Crippen LogP contribution in [0.1, 0.15) is 15.9 Å². The topological polar surface area (TPSA) is 85.6 Å². The van der Waals surface area contributed by atoms with Gasteiger partial charge >= 0.3 is 0 Å². The van der Waals surface area contributed by atoms with E-state index in [2.05, 4.69) is 5.32 Å². The van der Waals surface area contributed by atoms with Crippen molar-refractivity contribution in [1.82, 2.24) is 0 Å². The molecule has 0 saturated carbocycles. The third-order valence-corrected chi connectivity index (χ3v) is 3.82. The molecule has 0 spiro atoms. The average Bonchev–Trinajstić information content (AvgIpc) is 2.67. The summed E-state index contributed by atoms with van der Waals surface area (Å²) in [5.41, 5.74) is 1.31. The van der Waals surface area contributed by atoms with Gasteiger partial charge in [-0.15, -0.1) is 0 Å². The van der Waals surface area contributed by atoms with Crippen molar-refractivity contribution in [3.8, 4) is 0 Å². The molecule has 136 valence electrons. The number of benzene rings is 2. The molecule has 27 heavy (non-hydrogen) atoms. The van der Waals surface area contributed by atoms with Crippen LogP contribution in [-0.4, -0.2) is 25.4 Å². The van der Waals surface area contributed by atoms with Crippen molar-refractivity contribution in [2.75, 3.05) is 19.0 Å². The van der Waals surface area contributed by atoms with Crippen molar-refractivity contribution in [1.29, 1.82) is 0 Å². The number of ether oxygens (including phenoxy) is 1. The molecular weight excluding hydrogens is 346 g/mol. The summed E-state index contributed by atoms with van der Waals surface area (Å²) in [4.78, 5) is 36.4. The molecule has 6 nitrogen and oxygen atoms in total. The second-order valence-electron chi connectivity index (χ2n) is 5.78. The number of nitrogens with one attached hydrogen (secondary N) is 1. The standard InChI is InChI=1S/C21H17NO5/c1-26-13-20(24)22-15-6-4-5-14(11-15)9-10-18(23)17-12-27-19-8-3-2-7-16(19)21(17)25/h2-12H,13H2,1H3,(H,22,24)/b10-9+. The van der Waals surface area contributed by atoms with E-state index in [1.807, 2.05) is 0 Å². The lowest BCUT2D eigenvalue weighted by Crippen LogP contribution is -2.17. The highest BCUT2D eigenvalue weighted by molar-refractivity contribution is 6.07. The van der Waals surface area contributed by atoms with E-state index in [0.717, 1.165) is 0 Å². The molecule has 6 heteroatoms. The van der Waals surface area contributed by atoms with Crippen LogP contribution >= 0.6 is 0 Å². The van der Waals surface area contributed by atoms with Gasteiger partial charge in [-0.25, -0.2) is 0 Å². The van der Waals surface area contributed by atoms with E-state index in [9.17, 15) is 14.4 Å². The number of rotatable bonds is 6. The fourth-order valence-corrected chi connectivity index (χ4v) is 2.56. The molecule has 2 aromatic carbocycles. The highest BCUT2D eigenvalue weighted by Gasteiger charge is 2.11. The molecule has 0 saturated heterocycles. The van der Waals surface area contributed by atoms with Gasteiger partial charge in [0.1, 0.15) is 24.0 Å². The third kappa shape index (κ3) is 4.37. The normalized spacial score (nSPS) is 11.0.